The number of nitriles is 1. The Morgan fingerprint density at radius 1 is 1.10 bits per heavy atom. The molecule has 0 radical (unpaired) electrons. The van der Waals surface area contributed by atoms with E-state index < -0.39 is 28.9 Å². The Morgan fingerprint density at radius 3 is 2.43 bits per heavy atom. The van der Waals surface area contributed by atoms with Gasteiger partial charge in [0.15, 0.2) is 5.78 Å². The number of carbonyl (C=O) groups is 1. The summed E-state index contributed by atoms with van der Waals surface area (Å²) in [6.45, 7) is 0. The highest BCUT2D eigenvalue weighted by molar-refractivity contribution is 6.42. The first-order valence-electron chi connectivity index (χ1n) is 5.78. The fourth-order valence-corrected chi connectivity index (χ4v) is 2.12. The SMILES string of the molecule is N#CC(C(=O)c1cc(F)ccc1F)c1ccc(Cl)c(Cl)c1. The third kappa shape index (κ3) is 3.21. The van der Waals surface area contributed by atoms with E-state index in [1.165, 1.54) is 18.2 Å². The smallest absolute Gasteiger partial charge is 0.187 e. The van der Waals surface area contributed by atoms with Crippen molar-refractivity contribution in [1.82, 2.24) is 0 Å². The molecule has 0 aliphatic rings. The molecule has 6 heteroatoms. The Hall–Kier alpha value is -1.96. The third-order valence-corrected chi connectivity index (χ3v) is 3.60. The maximum absolute atomic E-state index is 13.6. The van der Waals surface area contributed by atoms with Crippen molar-refractivity contribution in [1.29, 1.82) is 5.26 Å². The number of hydrogen-bond donors (Lipinski definition) is 0. The van der Waals surface area contributed by atoms with Gasteiger partial charge in [-0.15, -0.1) is 0 Å². The largest absolute Gasteiger partial charge is 0.292 e. The number of rotatable bonds is 3. The zero-order chi connectivity index (χ0) is 15.6. The Balaban J connectivity index is 2.46. The highest BCUT2D eigenvalue weighted by atomic mass is 35.5. The van der Waals surface area contributed by atoms with Crippen molar-refractivity contribution in [3.05, 3.63) is 69.2 Å². The number of benzene rings is 2. The molecule has 0 saturated heterocycles. The van der Waals surface area contributed by atoms with Crippen LogP contribution in [0.3, 0.4) is 0 Å². The van der Waals surface area contributed by atoms with Crippen molar-refractivity contribution in [2.75, 3.05) is 0 Å². The molecule has 1 unspecified atom stereocenters. The van der Waals surface area contributed by atoms with E-state index in [4.69, 9.17) is 28.5 Å². The Bertz CT molecular complexity index is 756. The van der Waals surface area contributed by atoms with E-state index in [1.54, 1.807) is 6.07 Å². The van der Waals surface area contributed by atoms with Crippen molar-refractivity contribution >= 4 is 29.0 Å². The molecular formula is C15H7Cl2F2NO. The highest BCUT2D eigenvalue weighted by Gasteiger charge is 2.25. The highest BCUT2D eigenvalue weighted by Crippen LogP contribution is 2.28. The molecule has 0 aliphatic carbocycles. The molecule has 0 heterocycles. The summed E-state index contributed by atoms with van der Waals surface area (Å²) in [7, 11) is 0. The second-order valence-electron chi connectivity index (χ2n) is 4.22. The lowest BCUT2D eigenvalue weighted by atomic mass is 9.91. The van der Waals surface area contributed by atoms with Crippen LogP contribution in [0.1, 0.15) is 21.8 Å². The summed E-state index contributed by atoms with van der Waals surface area (Å²) in [4.78, 5) is 12.2. The van der Waals surface area contributed by atoms with Gasteiger partial charge in [0.1, 0.15) is 17.6 Å². The molecule has 106 valence electrons. The molecule has 0 saturated carbocycles. The quantitative estimate of drug-likeness (QED) is 0.763. The summed E-state index contributed by atoms with van der Waals surface area (Å²) < 4.78 is 26.8. The van der Waals surface area contributed by atoms with Gasteiger partial charge in [0, 0.05) is 0 Å². The first-order valence-corrected chi connectivity index (χ1v) is 6.53. The Labute approximate surface area is 129 Å². The van der Waals surface area contributed by atoms with E-state index in [2.05, 4.69) is 0 Å². The zero-order valence-electron chi connectivity index (χ0n) is 10.4. The number of nitrogens with zero attached hydrogens (tertiary/aromatic N) is 1. The minimum atomic E-state index is -1.30. The Morgan fingerprint density at radius 2 is 1.81 bits per heavy atom. The van der Waals surface area contributed by atoms with Crippen LogP contribution in [0.4, 0.5) is 8.78 Å². The standard InChI is InChI=1S/C15H7Cl2F2NO/c16-12-3-1-8(5-13(12)17)11(7-20)15(21)10-6-9(18)2-4-14(10)19/h1-6,11H. The van der Waals surface area contributed by atoms with Gasteiger partial charge in [-0.2, -0.15) is 5.26 Å². The summed E-state index contributed by atoms with van der Waals surface area (Å²) >= 11 is 11.6. The van der Waals surface area contributed by atoms with Crippen molar-refractivity contribution in [2.24, 2.45) is 0 Å². The second kappa shape index (κ2) is 6.21. The number of ketones is 1. The molecule has 0 N–H and O–H groups in total. The van der Waals surface area contributed by atoms with Gasteiger partial charge in [-0.05, 0) is 35.9 Å². The van der Waals surface area contributed by atoms with Crippen LogP contribution >= 0.6 is 23.2 Å². The summed E-state index contributed by atoms with van der Waals surface area (Å²) in [5.74, 6) is -3.78. The van der Waals surface area contributed by atoms with Crippen LogP contribution in [0.2, 0.25) is 10.0 Å². The van der Waals surface area contributed by atoms with Crippen LogP contribution in [0, 0.1) is 23.0 Å². The molecule has 0 aliphatic heterocycles. The molecule has 2 aromatic carbocycles. The van der Waals surface area contributed by atoms with Crippen molar-refractivity contribution in [3.63, 3.8) is 0 Å². The summed E-state index contributed by atoms with van der Waals surface area (Å²) in [6.07, 6.45) is 0. The average molecular weight is 326 g/mol. The molecule has 0 spiro atoms. The maximum Gasteiger partial charge on any atom is 0.187 e. The fourth-order valence-electron chi connectivity index (χ4n) is 1.82. The average Bonchev–Trinajstić information content (AvgIpc) is 2.46. The van der Waals surface area contributed by atoms with Crippen LogP contribution in [-0.2, 0) is 0 Å². The maximum atomic E-state index is 13.6. The van der Waals surface area contributed by atoms with Crippen LogP contribution in [0.5, 0.6) is 0 Å². The zero-order valence-corrected chi connectivity index (χ0v) is 11.9. The van der Waals surface area contributed by atoms with Crippen molar-refractivity contribution in [3.8, 4) is 6.07 Å². The molecule has 21 heavy (non-hydrogen) atoms. The van der Waals surface area contributed by atoms with Gasteiger partial charge in [0.25, 0.3) is 0 Å². The molecule has 2 rings (SSSR count). The van der Waals surface area contributed by atoms with E-state index in [9.17, 15) is 13.6 Å². The van der Waals surface area contributed by atoms with Gasteiger partial charge in [-0.3, -0.25) is 4.79 Å². The minimum Gasteiger partial charge on any atom is -0.292 e. The molecule has 0 aromatic heterocycles. The predicted octanol–water partition coefficient (Wildman–Crippen LogP) is 4.76. The van der Waals surface area contributed by atoms with Gasteiger partial charge >= 0.3 is 0 Å². The number of Topliss-reactive ketones (excluding diaryl/α,β-unsaturated/α-hetero) is 1. The fraction of sp³-hybridized carbons (Fsp3) is 0.0667. The van der Waals surface area contributed by atoms with Gasteiger partial charge < -0.3 is 0 Å². The number of halogens is 4. The first kappa shape index (κ1) is 15.4. The van der Waals surface area contributed by atoms with Gasteiger partial charge in [-0.1, -0.05) is 29.3 Å². The lowest BCUT2D eigenvalue weighted by Gasteiger charge is -2.10. The lowest BCUT2D eigenvalue weighted by molar-refractivity contribution is 0.0974. The lowest BCUT2D eigenvalue weighted by Crippen LogP contribution is -2.13. The van der Waals surface area contributed by atoms with Gasteiger partial charge in [0.2, 0.25) is 0 Å². The van der Waals surface area contributed by atoms with E-state index in [0.29, 0.717) is 0 Å². The van der Waals surface area contributed by atoms with Crippen LogP contribution in [0.15, 0.2) is 36.4 Å². The van der Waals surface area contributed by atoms with Crippen LogP contribution in [0.25, 0.3) is 0 Å². The number of carbonyl (C=O) groups excluding carboxylic acids is 1. The number of hydrogen-bond acceptors (Lipinski definition) is 2. The van der Waals surface area contributed by atoms with Crippen LogP contribution < -0.4 is 0 Å². The normalized spacial score (nSPS) is 11.8. The first-order chi connectivity index (χ1) is 9.93. The molecule has 0 amide bonds. The molecular weight excluding hydrogens is 319 g/mol. The van der Waals surface area contributed by atoms with E-state index in [-0.39, 0.29) is 15.6 Å². The molecule has 2 aromatic rings. The van der Waals surface area contributed by atoms with E-state index in [1.807, 2.05) is 0 Å². The minimum absolute atomic E-state index is 0.168. The van der Waals surface area contributed by atoms with E-state index >= 15 is 0 Å². The van der Waals surface area contributed by atoms with Crippen molar-refractivity contribution < 1.29 is 13.6 Å². The summed E-state index contributed by atoms with van der Waals surface area (Å²) in [5, 5.41) is 9.60. The monoisotopic (exact) mass is 325 g/mol. The van der Waals surface area contributed by atoms with E-state index in [0.717, 1.165) is 18.2 Å². The molecule has 1 atom stereocenters. The molecule has 0 fully saturated rings. The predicted molar refractivity (Wildman–Crippen MR) is 75.5 cm³/mol. The third-order valence-electron chi connectivity index (χ3n) is 2.86. The van der Waals surface area contributed by atoms with Gasteiger partial charge in [0.05, 0.1) is 21.7 Å². The van der Waals surface area contributed by atoms with Crippen LogP contribution in [-0.4, -0.2) is 5.78 Å². The van der Waals surface area contributed by atoms with Crippen molar-refractivity contribution in [2.45, 2.75) is 5.92 Å². The molecule has 2 nitrogen and oxygen atoms in total. The summed E-state index contributed by atoms with van der Waals surface area (Å²) in [6, 6.07) is 8.49. The Kier molecular flexibility index (Phi) is 4.56. The van der Waals surface area contributed by atoms with Gasteiger partial charge in [-0.25, -0.2) is 8.78 Å². The molecule has 0 bridgehead atoms. The second-order valence-corrected chi connectivity index (χ2v) is 5.04. The topological polar surface area (TPSA) is 40.9 Å². The summed E-state index contributed by atoms with van der Waals surface area (Å²) in [5.41, 5.74) is -0.215.